The SMILES string of the molecule is CSCC(=O)N1C[C@@H]2[C@H](CO)[C@H]3CN(Cc4ccc5c(c4)OCCO5)C[C@]2(C1)O3. The molecule has 1 amide bonds. The molecule has 0 saturated carbocycles. The third-order valence-electron chi connectivity index (χ3n) is 6.71. The van der Waals surface area contributed by atoms with Crippen molar-refractivity contribution in [3.8, 4) is 11.5 Å². The second-order valence-electron chi connectivity index (χ2n) is 8.53. The number of likely N-dealkylation sites (tertiary alicyclic amines) is 2. The van der Waals surface area contributed by atoms with Gasteiger partial charge in [0.15, 0.2) is 11.5 Å². The zero-order chi connectivity index (χ0) is 20.0. The number of nitrogens with zero attached hydrogens (tertiary/aromatic N) is 2. The molecule has 1 spiro atoms. The number of carbonyl (C=O) groups excluding carboxylic acids is 1. The molecule has 4 aliphatic heterocycles. The van der Waals surface area contributed by atoms with Crippen LogP contribution in [0.15, 0.2) is 18.2 Å². The molecule has 5 rings (SSSR count). The van der Waals surface area contributed by atoms with E-state index < -0.39 is 0 Å². The van der Waals surface area contributed by atoms with Crippen molar-refractivity contribution < 1.29 is 24.1 Å². The molecule has 4 aliphatic rings. The van der Waals surface area contributed by atoms with Crippen LogP contribution in [0.3, 0.4) is 0 Å². The quantitative estimate of drug-likeness (QED) is 0.757. The number of rotatable bonds is 5. The van der Waals surface area contributed by atoms with Gasteiger partial charge >= 0.3 is 0 Å². The van der Waals surface area contributed by atoms with Crippen molar-refractivity contribution in [2.24, 2.45) is 11.8 Å². The third kappa shape index (κ3) is 3.40. The van der Waals surface area contributed by atoms with Gasteiger partial charge in [-0.3, -0.25) is 9.69 Å². The Balaban J connectivity index is 1.34. The molecule has 29 heavy (non-hydrogen) atoms. The lowest BCUT2D eigenvalue weighted by Gasteiger charge is -2.40. The van der Waals surface area contributed by atoms with E-state index >= 15 is 0 Å². The Hall–Kier alpha value is -1.48. The van der Waals surface area contributed by atoms with Crippen molar-refractivity contribution in [2.45, 2.75) is 18.2 Å². The number of thioether (sulfide) groups is 1. The first kappa shape index (κ1) is 19.5. The van der Waals surface area contributed by atoms with Crippen LogP contribution in [0.1, 0.15) is 5.56 Å². The standard InChI is InChI=1S/C21H28N2O5S/c1-29-11-20(25)23-8-16-15(10-24)19-9-22(12-21(16,13-23)28-19)7-14-2-3-17-18(6-14)27-5-4-26-17/h2-3,6,15-16,19,24H,4-5,7-13H2,1H3/t15-,16+,19+,21+/m0/s1. The lowest BCUT2D eigenvalue weighted by atomic mass is 9.83. The molecule has 2 bridgehead atoms. The highest BCUT2D eigenvalue weighted by Gasteiger charge is 2.62. The van der Waals surface area contributed by atoms with E-state index in [2.05, 4.69) is 17.0 Å². The summed E-state index contributed by atoms with van der Waals surface area (Å²) in [5.41, 5.74) is 0.815. The second-order valence-corrected chi connectivity index (χ2v) is 9.39. The summed E-state index contributed by atoms with van der Waals surface area (Å²) >= 11 is 1.55. The second kappa shape index (κ2) is 7.65. The molecule has 4 heterocycles. The average Bonchev–Trinajstić information content (AvgIpc) is 3.16. The summed E-state index contributed by atoms with van der Waals surface area (Å²) in [6, 6.07) is 6.13. The molecule has 0 aromatic heterocycles. The number of morpholine rings is 1. The van der Waals surface area contributed by atoms with Gasteiger partial charge in [-0.1, -0.05) is 6.07 Å². The molecule has 158 valence electrons. The highest BCUT2D eigenvalue weighted by atomic mass is 32.2. The number of aliphatic hydroxyl groups is 1. The van der Waals surface area contributed by atoms with E-state index in [4.69, 9.17) is 14.2 Å². The fourth-order valence-electron chi connectivity index (χ4n) is 5.50. The first-order valence-electron chi connectivity index (χ1n) is 10.3. The number of hydrogen-bond donors (Lipinski definition) is 1. The van der Waals surface area contributed by atoms with Crippen LogP contribution in [0.25, 0.3) is 0 Å². The van der Waals surface area contributed by atoms with Gasteiger partial charge in [0, 0.05) is 44.6 Å². The van der Waals surface area contributed by atoms with Crippen molar-refractivity contribution in [3.05, 3.63) is 23.8 Å². The fourth-order valence-corrected chi connectivity index (χ4v) is 5.93. The van der Waals surface area contributed by atoms with Gasteiger partial charge in [-0.15, -0.1) is 0 Å². The maximum Gasteiger partial charge on any atom is 0.232 e. The van der Waals surface area contributed by atoms with Crippen molar-refractivity contribution in [2.75, 3.05) is 58.0 Å². The van der Waals surface area contributed by atoms with Crippen LogP contribution in [0, 0.1) is 11.8 Å². The molecule has 0 radical (unpaired) electrons. The molecule has 8 heteroatoms. The maximum absolute atomic E-state index is 12.5. The molecule has 4 atom stereocenters. The zero-order valence-corrected chi connectivity index (χ0v) is 17.5. The fraction of sp³-hybridized carbons (Fsp3) is 0.667. The summed E-state index contributed by atoms with van der Waals surface area (Å²) in [5, 5.41) is 10.1. The number of fused-ring (bicyclic) bond motifs is 2. The zero-order valence-electron chi connectivity index (χ0n) is 16.7. The molecule has 1 aromatic rings. The Morgan fingerprint density at radius 1 is 1.24 bits per heavy atom. The summed E-state index contributed by atoms with van der Waals surface area (Å²) in [6.07, 6.45) is 1.97. The molecule has 0 aliphatic carbocycles. The molecule has 3 fully saturated rings. The van der Waals surface area contributed by atoms with Gasteiger partial charge in [0.1, 0.15) is 18.8 Å². The van der Waals surface area contributed by atoms with Crippen LogP contribution in [-0.2, 0) is 16.1 Å². The largest absolute Gasteiger partial charge is 0.486 e. The van der Waals surface area contributed by atoms with Crippen molar-refractivity contribution >= 4 is 17.7 Å². The van der Waals surface area contributed by atoms with Crippen molar-refractivity contribution in [1.29, 1.82) is 0 Å². The number of ether oxygens (including phenoxy) is 3. The predicted octanol–water partition coefficient (Wildman–Crippen LogP) is 0.841. The van der Waals surface area contributed by atoms with Crippen molar-refractivity contribution in [1.82, 2.24) is 9.80 Å². The van der Waals surface area contributed by atoms with Gasteiger partial charge in [0.05, 0.1) is 18.4 Å². The molecule has 1 N–H and O–H groups in total. The molecule has 7 nitrogen and oxygen atoms in total. The lowest BCUT2D eigenvalue weighted by molar-refractivity contribution is -0.137. The summed E-state index contributed by atoms with van der Waals surface area (Å²) in [4.78, 5) is 16.8. The van der Waals surface area contributed by atoms with Crippen LogP contribution in [-0.4, -0.2) is 90.5 Å². The lowest BCUT2D eigenvalue weighted by Crippen LogP contribution is -2.54. The van der Waals surface area contributed by atoms with E-state index in [9.17, 15) is 9.90 Å². The van der Waals surface area contributed by atoms with E-state index in [-0.39, 0.29) is 36.1 Å². The van der Waals surface area contributed by atoms with Crippen LogP contribution < -0.4 is 9.47 Å². The minimum Gasteiger partial charge on any atom is -0.486 e. The number of aliphatic hydroxyl groups excluding tert-OH is 1. The van der Waals surface area contributed by atoms with Gasteiger partial charge in [-0.05, 0) is 24.0 Å². The van der Waals surface area contributed by atoms with Crippen LogP contribution in [0.2, 0.25) is 0 Å². The van der Waals surface area contributed by atoms with Crippen molar-refractivity contribution in [3.63, 3.8) is 0 Å². The van der Waals surface area contributed by atoms with Gasteiger partial charge < -0.3 is 24.2 Å². The number of hydrogen-bond acceptors (Lipinski definition) is 7. The Labute approximate surface area is 175 Å². The minimum absolute atomic E-state index is 0.0220. The maximum atomic E-state index is 12.5. The van der Waals surface area contributed by atoms with E-state index in [1.807, 2.05) is 17.2 Å². The molecule has 0 unspecified atom stereocenters. The van der Waals surface area contributed by atoms with Gasteiger partial charge in [-0.2, -0.15) is 11.8 Å². The third-order valence-corrected chi connectivity index (χ3v) is 7.24. The Morgan fingerprint density at radius 2 is 2.07 bits per heavy atom. The van der Waals surface area contributed by atoms with E-state index in [1.165, 1.54) is 5.56 Å². The first-order chi connectivity index (χ1) is 14.1. The average molecular weight is 421 g/mol. The Morgan fingerprint density at radius 3 is 2.86 bits per heavy atom. The highest BCUT2D eigenvalue weighted by Crippen LogP contribution is 2.49. The normalized spacial score (nSPS) is 33.0. The first-order valence-corrected chi connectivity index (χ1v) is 11.7. The molecular weight excluding hydrogens is 392 g/mol. The summed E-state index contributed by atoms with van der Waals surface area (Å²) in [5.74, 6) is 2.57. The topological polar surface area (TPSA) is 71.5 Å². The highest BCUT2D eigenvalue weighted by molar-refractivity contribution is 7.99. The van der Waals surface area contributed by atoms with Crippen LogP contribution >= 0.6 is 11.8 Å². The van der Waals surface area contributed by atoms with E-state index in [0.717, 1.165) is 31.1 Å². The van der Waals surface area contributed by atoms with Crippen LogP contribution in [0.5, 0.6) is 11.5 Å². The number of amides is 1. The smallest absolute Gasteiger partial charge is 0.232 e. The van der Waals surface area contributed by atoms with Gasteiger partial charge in [0.25, 0.3) is 0 Å². The predicted molar refractivity (Wildman–Crippen MR) is 109 cm³/mol. The minimum atomic E-state index is -0.363. The van der Waals surface area contributed by atoms with Gasteiger partial charge in [0.2, 0.25) is 5.91 Å². The summed E-state index contributed by atoms with van der Waals surface area (Å²) in [6.45, 7) is 4.98. The Bertz CT molecular complexity index is 792. The monoisotopic (exact) mass is 420 g/mol. The molecule has 1 aromatic carbocycles. The molecule has 3 saturated heterocycles. The summed E-state index contributed by atoms with van der Waals surface area (Å²) < 4.78 is 17.8. The summed E-state index contributed by atoms with van der Waals surface area (Å²) in [7, 11) is 0. The van der Waals surface area contributed by atoms with Crippen LogP contribution in [0.4, 0.5) is 0 Å². The van der Waals surface area contributed by atoms with E-state index in [1.54, 1.807) is 11.8 Å². The Kier molecular flexibility index (Phi) is 5.14. The molecular formula is C21H28N2O5S. The van der Waals surface area contributed by atoms with E-state index in [0.29, 0.717) is 32.1 Å². The number of carbonyl (C=O) groups is 1. The number of benzene rings is 1. The van der Waals surface area contributed by atoms with Gasteiger partial charge in [-0.25, -0.2) is 0 Å².